The summed E-state index contributed by atoms with van der Waals surface area (Å²) in [5.74, 6) is 0.982. The molecule has 0 bridgehead atoms. The molecule has 17 heavy (non-hydrogen) atoms. The zero-order valence-electron chi connectivity index (χ0n) is 11.3. The van der Waals surface area contributed by atoms with Gasteiger partial charge in [0, 0.05) is 6.42 Å². The van der Waals surface area contributed by atoms with Gasteiger partial charge in [-0.15, -0.1) is 0 Å². The molecule has 1 aliphatic carbocycles. The van der Waals surface area contributed by atoms with E-state index in [2.05, 4.69) is 13.8 Å². The lowest BCUT2D eigenvalue weighted by atomic mass is 9.85. The maximum atomic E-state index is 11.8. The van der Waals surface area contributed by atoms with Crippen molar-refractivity contribution in [1.82, 2.24) is 0 Å². The number of hydrogen-bond acceptors (Lipinski definition) is 3. The van der Waals surface area contributed by atoms with E-state index in [-0.39, 0.29) is 18.0 Å². The van der Waals surface area contributed by atoms with Crippen LogP contribution in [0.15, 0.2) is 0 Å². The van der Waals surface area contributed by atoms with Crippen molar-refractivity contribution in [2.75, 3.05) is 6.54 Å². The summed E-state index contributed by atoms with van der Waals surface area (Å²) in [5, 5.41) is 0. The summed E-state index contributed by atoms with van der Waals surface area (Å²) in [7, 11) is 0. The Morgan fingerprint density at radius 2 is 2.18 bits per heavy atom. The molecule has 0 saturated heterocycles. The first-order valence-electron chi connectivity index (χ1n) is 7.09. The quantitative estimate of drug-likeness (QED) is 0.727. The Kier molecular flexibility index (Phi) is 6.56. The number of hydrogen-bond donors (Lipinski definition) is 1. The number of carbonyl (C=O) groups excluding carboxylic acids is 1. The summed E-state index contributed by atoms with van der Waals surface area (Å²) >= 11 is 0. The van der Waals surface area contributed by atoms with Crippen LogP contribution in [0.3, 0.4) is 0 Å². The van der Waals surface area contributed by atoms with E-state index in [1.54, 1.807) is 0 Å². The summed E-state index contributed by atoms with van der Waals surface area (Å²) in [6, 6.07) is 0. The van der Waals surface area contributed by atoms with Crippen LogP contribution in [0.2, 0.25) is 0 Å². The molecular weight excluding hydrogens is 214 g/mol. The van der Waals surface area contributed by atoms with Crippen LogP contribution in [0.5, 0.6) is 0 Å². The minimum absolute atomic E-state index is 0.0518. The number of ether oxygens (including phenoxy) is 1. The van der Waals surface area contributed by atoms with Crippen molar-refractivity contribution < 1.29 is 9.53 Å². The van der Waals surface area contributed by atoms with Gasteiger partial charge in [0.25, 0.3) is 0 Å². The predicted molar refractivity (Wildman–Crippen MR) is 69.6 cm³/mol. The molecule has 100 valence electrons. The monoisotopic (exact) mass is 241 g/mol. The third kappa shape index (κ3) is 5.07. The van der Waals surface area contributed by atoms with Gasteiger partial charge < -0.3 is 10.5 Å². The maximum Gasteiger partial charge on any atom is 0.306 e. The Balaban J connectivity index is 2.30. The van der Waals surface area contributed by atoms with E-state index in [1.165, 1.54) is 19.3 Å². The second-order valence-corrected chi connectivity index (χ2v) is 5.27. The molecule has 1 aliphatic rings. The zero-order chi connectivity index (χ0) is 12.7. The predicted octanol–water partition coefficient (Wildman–Crippen LogP) is 2.87. The molecule has 1 saturated carbocycles. The van der Waals surface area contributed by atoms with Gasteiger partial charge in [0.15, 0.2) is 0 Å². The van der Waals surface area contributed by atoms with Gasteiger partial charge >= 0.3 is 5.97 Å². The van der Waals surface area contributed by atoms with Crippen molar-refractivity contribution in [2.24, 2.45) is 17.6 Å². The fourth-order valence-corrected chi connectivity index (χ4v) is 2.58. The second-order valence-electron chi connectivity index (χ2n) is 5.27. The molecule has 3 nitrogen and oxygen atoms in total. The minimum Gasteiger partial charge on any atom is -0.462 e. The van der Waals surface area contributed by atoms with E-state index in [4.69, 9.17) is 10.5 Å². The number of rotatable bonds is 6. The molecule has 3 unspecified atom stereocenters. The highest BCUT2D eigenvalue weighted by Crippen LogP contribution is 2.28. The smallest absolute Gasteiger partial charge is 0.306 e. The molecule has 0 radical (unpaired) electrons. The molecule has 0 aromatic carbocycles. The Bertz CT molecular complexity index is 226. The third-order valence-electron chi connectivity index (χ3n) is 3.98. The minimum atomic E-state index is -0.0518. The van der Waals surface area contributed by atoms with Crippen molar-refractivity contribution in [3.8, 4) is 0 Å². The summed E-state index contributed by atoms with van der Waals surface area (Å²) in [5.41, 5.74) is 5.60. The van der Waals surface area contributed by atoms with E-state index in [1.807, 2.05) is 0 Å². The standard InChI is InChI=1S/C14H27NO2/c1-3-11-6-5-7-13(8-11)17-14(16)9-12(4-2)10-15/h11-13H,3-10,15H2,1-2H3. The molecule has 2 N–H and O–H groups in total. The molecule has 1 rings (SSSR count). The Morgan fingerprint density at radius 1 is 1.41 bits per heavy atom. The van der Waals surface area contributed by atoms with E-state index < -0.39 is 0 Å². The summed E-state index contributed by atoms with van der Waals surface area (Å²) in [6.07, 6.45) is 7.40. The van der Waals surface area contributed by atoms with E-state index >= 15 is 0 Å². The van der Waals surface area contributed by atoms with Gasteiger partial charge in [0.2, 0.25) is 0 Å². The number of esters is 1. The Labute approximate surface area is 105 Å². The topological polar surface area (TPSA) is 52.3 Å². The van der Waals surface area contributed by atoms with Crippen LogP contribution >= 0.6 is 0 Å². The van der Waals surface area contributed by atoms with Gasteiger partial charge in [-0.3, -0.25) is 4.79 Å². The van der Waals surface area contributed by atoms with E-state index in [0.29, 0.717) is 13.0 Å². The highest BCUT2D eigenvalue weighted by atomic mass is 16.5. The average Bonchev–Trinajstić information content (AvgIpc) is 2.36. The molecule has 0 aromatic rings. The van der Waals surface area contributed by atoms with Crippen LogP contribution in [-0.2, 0) is 9.53 Å². The van der Waals surface area contributed by atoms with Crippen LogP contribution in [0.25, 0.3) is 0 Å². The normalized spacial score (nSPS) is 26.5. The third-order valence-corrected chi connectivity index (χ3v) is 3.98. The van der Waals surface area contributed by atoms with Crippen LogP contribution in [-0.4, -0.2) is 18.6 Å². The van der Waals surface area contributed by atoms with Gasteiger partial charge in [0.1, 0.15) is 6.10 Å². The van der Waals surface area contributed by atoms with Crippen molar-refractivity contribution >= 4 is 5.97 Å². The first-order valence-corrected chi connectivity index (χ1v) is 7.09. The lowest BCUT2D eigenvalue weighted by Crippen LogP contribution is -2.27. The molecule has 3 heteroatoms. The largest absolute Gasteiger partial charge is 0.462 e. The molecule has 0 amide bonds. The molecule has 1 fully saturated rings. The zero-order valence-corrected chi connectivity index (χ0v) is 11.3. The molecule has 0 aromatic heterocycles. The fraction of sp³-hybridized carbons (Fsp3) is 0.929. The second kappa shape index (κ2) is 7.70. The first-order chi connectivity index (χ1) is 8.19. The molecule has 0 heterocycles. The Morgan fingerprint density at radius 3 is 2.76 bits per heavy atom. The van der Waals surface area contributed by atoms with E-state index in [0.717, 1.165) is 25.2 Å². The lowest BCUT2D eigenvalue weighted by Gasteiger charge is -2.28. The van der Waals surface area contributed by atoms with Crippen molar-refractivity contribution in [1.29, 1.82) is 0 Å². The molecule has 0 aliphatic heterocycles. The molecule has 3 atom stereocenters. The maximum absolute atomic E-state index is 11.8. The SMILES string of the molecule is CCC(CN)CC(=O)OC1CCCC(CC)C1. The van der Waals surface area contributed by atoms with Crippen LogP contribution in [0.4, 0.5) is 0 Å². The van der Waals surface area contributed by atoms with E-state index in [9.17, 15) is 4.79 Å². The van der Waals surface area contributed by atoms with Gasteiger partial charge in [-0.25, -0.2) is 0 Å². The summed E-state index contributed by atoms with van der Waals surface area (Å²) < 4.78 is 5.56. The Hall–Kier alpha value is -0.570. The highest BCUT2D eigenvalue weighted by Gasteiger charge is 2.24. The molecule has 0 spiro atoms. The van der Waals surface area contributed by atoms with Gasteiger partial charge in [-0.2, -0.15) is 0 Å². The van der Waals surface area contributed by atoms with Gasteiger partial charge in [-0.05, 0) is 37.6 Å². The average molecular weight is 241 g/mol. The fourth-order valence-electron chi connectivity index (χ4n) is 2.58. The van der Waals surface area contributed by atoms with Crippen LogP contribution in [0.1, 0.15) is 58.8 Å². The first kappa shape index (κ1) is 14.5. The number of carbonyl (C=O) groups is 1. The van der Waals surface area contributed by atoms with Gasteiger partial charge in [-0.1, -0.05) is 33.1 Å². The van der Waals surface area contributed by atoms with Crippen molar-refractivity contribution in [2.45, 2.75) is 64.9 Å². The highest BCUT2D eigenvalue weighted by molar-refractivity contribution is 5.69. The summed E-state index contributed by atoms with van der Waals surface area (Å²) in [4.78, 5) is 11.8. The van der Waals surface area contributed by atoms with Crippen molar-refractivity contribution in [3.05, 3.63) is 0 Å². The van der Waals surface area contributed by atoms with Crippen molar-refractivity contribution in [3.63, 3.8) is 0 Å². The lowest BCUT2D eigenvalue weighted by molar-refractivity contribution is -0.152. The van der Waals surface area contributed by atoms with Crippen LogP contribution < -0.4 is 5.73 Å². The number of nitrogens with two attached hydrogens (primary N) is 1. The molecular formula is C14H27NO2. The van der Waals surface area contributed by atoms with Gasteiger partial charge in [0.05, 0.1) is 0 Å². The van der Waals surface area contributed by atoms with Crippen LogP contribution in [0, 0.1) is 11.8 Å². The summed E-state index contributed by atoms with van der Waals surface area (Å²) in [6.45, 7) is 4.86.